The Morgan fingerprint density at radius 3 is 2.77 bits per heavy atom. The predicted molar refractivity (Wildman–Crippen MR) is 103 cm³/mol. The molecule has 1 aromatic carbocycles. The molecule has 3 aromatic rings. The lowest BCUT2D eigenvalue weighted by Gasteiger charge is -2.31. The van der Waals surface area contributed by atoms with Crippen LogP contribution in [0.25, 0.3) is 5.65 Å². The van der Waals surface area contributed by atoms with Gasteiger partial charge in [0.05, 0.1) is 5.69 Å². The summed E-state index contributed by atoms with van der Waals surface area (Å²) in [6.07, 6.45) is -3.21. The number of likely N-dealkylation sites (tertiary alicyclic amines) is 1. The van der Waals surface area contributed by atoms with Gasteiger partial charge in [-0.3, -0.25) is 4.79 Å². The number of alkyl halides is 3. The Kier molecular flexibility index (Phi) is 5.55. The van der Waals surface area contributed by atoms with Crippen molar-refractivity contribution < 1.29 is 27.1 Å². The minimum Gasteiger partial charge on any atom is -0.481 e. The third kappa shape index (κ3) is 4.47. The SMILES string of the molecule is Cc1cc(C(F)(F)F)n2nc([C@@H]3CCCN(C(=O)COc4ccccc4F)C3)cc2n1. The number of carbonyl (C=O) groups excluding carboxylic acids is 1. The van der Waals surface area contributed by atoms with Crippen LogP contribution in [-0.2, 0) is 11.0 Å². The summed E-state index contributed by atoms with van der Waals surface area (Å²) in [6.45, 7) is 1.97. The number of hydrogen-bond acceptors (Lipinski definition) is 4. The van der Waals surface area contributed by atoms with Crippen molar-refractivity contribution in [2.45, 2.75) is 31.9 Å². The second-order valence-electron chi connectivity index (χ2n) is 7.52. The van der Waals surface area contributed by atoms with Gasteiger partial charge in [-0.25, -0.2) is 13.9 Å². The number of para-hydroxylation sites is 1. The minimum absolute atomic E-state index is 0.00844. The summed E-state index contributed by atoms with van der Waals surface area (Å²) in [5.41, 5.74) is -0.0647. The maximum Gasteiger partial charge on any atom is 0.433 e. The number of aromatic nitrogens is 3. The molecule has 0 N–H and O–H groups in total. The second-order valence-corrected chi connectivity index (χ2v) is 7.52. The van der Waals surface area contributed by atoms with Gasteiger partial charge in [0.15, 0.2) is 23.8 Å². The van der Waals surface area contributed by atoms with Crippen LogP contribution in [-0.4, -0.2) is 45.1 Å². The van der Waals surface area contributed by atoms with E-state index in [2.05, 4.69) is 10.1 Å². The molecule has 0 aliphatic carbocycles. The normalized spacial score (nSPS) is 17.2. The molecule has 1 atom stereocenters. The Morgan fingerprint density at radius 1 is 1.26 bits per heavy atom. The van der Waals surface area contributed by atoms with Crippen LogP contribution in [0.3, 0.4) is 0 Å². The van der Waals surface area contributed by atoms with Gasteiger partial charge < -0.3 is 9.64 Å². The highest BCUT2D eigenvalue weighted by molar-refractivity contribution is 5.78. The first-order chi connectivity index (χ1) is 14.7. The van der Waals surface area contributed by atoms with E-state index in [4.69, 9.17) is 4.74 Å². The van der Waals surface area contributed by atoms with Crippen LogP contribution in [0.15, 0.2) is 36.4 Å². The molecule has 4 rings (SSSR count). The smallest absolute Gasteiger partial charge is 0.433 e. The summed E-state index contributed by atoms with van der Waals surface area (Å²) < 4.78 is 59.9. The van der Waals surface area contributed by atoms with Crippen LogP contribution < -0.4 is 4.74 Å². The van der Waals surface area contributed by atoms with E-state index in [0.29, 0.717) is 31.6 Å². The molecule has 1 saturated heterocycles. The number of benzene rings is 1. The zero-order valence-corrected chi connectivity index (χ0v) is 16.7. The third-order valence-corrected chi connectivity index (χ3v) is 5.24. The zero-order chi connectivity index (χ0) is 22.2. The van der Waals surface area contributed by atoms with E-state index in [1.807, 2.05) is 0 Å². The van der Waals surface area contributed by atoms with Crippen LogP contribution in [0.5, 0.6) is 5.75 Å². The van der Waals surface area contributed by atoms with Crippen molar-refractivity contribution in [1.82, 2.24) is 19.5 Å². The second kappa shape index (κ2) is 8.16. The Morgan fingerprint density at radius 2 is 2.03 bits per heavy atom. The predicted octanol–water partition coefficient (Wildman–Crippen LogP) is 3.98. The lowest BCUT2D eigenvalue weighted by molar-refractivity contribution is -0.142. The highest BCUT2D eigenvalue weighted by atomic mass is 19.4. The van der Waals surface area contributed by atoms with Crippen molar-refractivity contribution in [2.75, 3.05) is 19.7 Å². The van der Waals surface area contributed by atoms with E-state index >= 15 is 0 Å². The molecule has 10 heteroatoms. The van der Waals surface area contributed by atoms with Crippen molar-refractivity contribution in [1.29, 1.82) is 0 Å². The molecule has 0 saturated carbocycles. The lowest BCUT2D eigenvalue weighted by atomic mass is 9.95. The first-order valence-corrected chi connectivity index (χ1v) is 9.82. The number of hydrogen-bond donors (Lipinski definition) is 0. The molecule has 0 spiro atoms. The molecule has 0 radical (unpaired) electrons. The van der Waals surface area contributed by atoms with E-state index in [1.54, 1.807) is 11.0 Å². The van der Waals surface area contributed by atoms with Crippen LogP contribution in [0.4, 0.5) is 17.6 Å². The fourth-order valence-electron chi connectivity index (χ4n) is 3.76. The lowest BCUT2D eigenvalue weighted by Crippen LogP contribution is -2.41. The van der Waals surface area contributed by atoms with Gasteiger partial charge in [0.25, 0.3) is 5.91 Å². The molecule has 1 amide bonds. The third-order valence-electron chi connectivity index (χ3n) is 5.24. The highest BCUT2D eigenvalue weighted by Gasteiger charge is 2.35. The average molecular weight is 436 g/mol. The van der Waals surface area contributed by atoms with Gasteiger partial charge in [0.1, 0.15) is 5.69 Å². The molecule has 1 aliphatic rings. The summed E-state index contributed by atoms with van der Waals surface area (Å²) >= 11 is 0. The number of aryl methyl sites for hydroxylation is 1. The van der Waals surface area contributed by atoms with Crippen LogP contribution in [0.2, 0.25) is 0 Å². The number of ether oxygens (including phenoxy) is 1. The fraction of sp³-hybridized carbons (Fsp3) is 0.381. The van der Waals surface area contributed by atoms with Crippen molar-refractivity contribution in [3.63, 3.8) is 0 Å². The molecule has 31 heavy (non-hydrogen) atoms. The Bertz CT molecular complexity index is 1110. The average Bonchev–Trinajstić information content (AvgIpc) is 3.15. The van der Waals surface area contributed by atoms with Gasteiger partial charge in [0, 0.05) is 30.8 Å². The number of rotatable bonds is 4. The topological polar surface area (TPSA) is 59.7 Å². The van der Waals surface area contributed by atoms with Crippen molar-refractivity contribution in [3.05, 3.63) is 59.3 Å². The molecule has 0 bridgehead atoms. The Hall–Kier alpha value is -3.17. The molecule has 0 unspecified atom stereocenters. The van der Waals surface area contributed by atoms with E-state index in [0.717, 1.165) is 10.6 Å². The number of nitrogens with zero attached hydrogens (tertiary/aromatic N) is 4. The van der Waals surface area contributed by atoms with Gasteiger partial charge in [-0.15, -0.1) is 0 Å². The van der Waals surface area contributed by atoms with Crippen molar-refractivity contribution in [3.8, 4) is 5.75 Å². The van der Waals surface area contributed by atoms with E-state index < -0.39 is 17.7 Å². The molecule has 1 fully saturated rings. The maximum absolute atomic E-state index is 13.7. The minimum atomic E-state index is -4.56. The standard InChI is InChI=1S/C21H20F4N4O2/c1-13-9-18(21(23,24)25)29-19(26-13)10-16(27-29)14-5-4-8-28(11-14)20(30)12-31-17-7-3-2-6-15(17)22/h2-3,6-7,9-10,14H,4-5,8,11-12H2,1H3/t14-/m1/s1. The molecular formula is C21H20F4N4O2. The summed E-state index contributed by atoms with van der Waals surface area (Å²) in [4.78, 5) is 18.3. The zero-order valence-electron chi connectivity index (χ0n) is 16.7. The Labute approximate surface area is 175 Å². The summed E-state index contributed by atoms with van der Waals surface area (Å²) in [5.74, 6) is -1.11. The quantitative estimate of drug-likeness (QED) is 0.581. The molecule has 1 aliphatic heterocycles. The number of piperidine rings is 1. The van der Waals surface area contributed by atoms with E-state index in [9.17, 15) is 22.4 Å². The van der Waals surface area contributed by atoms with Crippen molar-refractivity contribution in [2.24, 2.45) is 0 Å². The summed E-state index contributed by atoms with van der Waals surface area (Å²) in [5, 5.41) is 4.16. The van der Waals surface area contributed by atoms with E-state index in [-0.39, 0.29) is 35.5 Å². The van der Waals surface area contributed by atoms with Gasteiger partial charge in [-0.1, -0.05) is 12.1 Å². The molecule has 6 nitrogen and oxygen atoms in total. The van der Waals surface area contributed by atoms with Crippen molar-refractivity contribution >= 4 is 11.6 Å². The van der Waals surface area contributed by atoms with E-state index in [1.165, 1.54) is 31.2 Å². The Balaban J connectivity index is 1.50. The number of fused-ring (bicyclic) bond motifs is 1. The van der Waals surface area contributed by atoms with Crippen LogP contribution in [0.1, 0.15) is 35.8 Å². The van der Waals surface area contributed by atoms with Gasteiger partial charge in [-0.05, 0) is 38.0 Å². The largest absolute Gasteiger partial charge is 0.481 e. The monoisotopic (exact) mass is 436 g/mol. The fourth-order valence-corrected chi connectivity index (χ4v) is 3.76. The summed E-state index contributed by atoms with van der Waals surface area (Å²) in [7, 11) is 0. The first-order valence-electron chi connectivity index (χ1n) is 9.82. The molecule has 2 aromatic heterocycles. The molecular weight excluding hydrogens is 416 g/mol. The van der Waals surface area contributed by atoms with Gasteiger partial charge in [0.2, 0.25) is 0 Å². The van der Waals surface area contributed by atoms with Gasteiger partial charge in [-0.2, -0.15) is 18.3 Å². The molecule has 164 valence electrons. The number of carbonyl (C=O) groups is 1. The maximum atomic E-state index is 13.7. The molecule has 3 heterocycles. The van der Waals surface area contributed by atoms with Gasteiger partial charge >= 0.3 is 6.18 Å². The van der Waals surface area contributed by atoms with Crippen LogP contribution >= 0.6 is 0 Å². The highest BCUT2D eigenvalue weighted by Crippen LogP contribution is 2.32. The summed E-state index contributed by atoms with van der Waals surface area (Å²) in [6, 6.07) is 8.30. The first kappa shape index (κ1) is 21.1. The number of amides is 1. The van der Waals surface area contributed by atoms with Crippen LogP contribution in [0, 0.1) is 12.7 Å². The number of halogens is 4.